The van der Waals surface area contributed by atoms with Crippen LogP contribution in [0.1, 0.15) is 16.6 Å². The zero-order valence-electron chi connectivity index (χ0n) is 7.90. The minimum Gasteiger partial charge on any atom is -0.409 e. The van der Waals surface area contributed by atoms with Gasteiger partial charge in [0.05, 0.1) is 15.3 Å². The molecule has 0 saturated carbocycles. The van der Waals surface area contributed by atoms with Gasteiger partial charge in [0.1, 0.15) is 0 Å². The van der Waals surface area contributed by atoms with Crippen LogP contribution in [0, 0.1) is 0 Å². The molecule has 0 aliphatic heterocycles. The fourth-order valence-electron chi connectivity index (χ4n) is 0.865. The Kier molecular flexibility index (Phi) is 3.93. The second kappa shape index (κ2) is 4.99. The third-order valence-corrected chi connectivity index (χ3v) is 2.93. The van der Waals surface area contributed by atoms with Gasteiger partial charge in [-0.15, -0.1) is 11.3 Å². The Morgan fingerprint density at radius 1 is 1.73 bits per heavy atom. The number of nitrogens with zero attached hydrogens (tertiary/aromatic N) is 1. The molecular formula is C8H10ClN3O2S. The number of carbonyl (C=O) groups is 1. The maximum absolute atomic E-state index is 11.5. The number of halogens is 1. The number of thiophene rings is 1. The van der Waals surface area contributed by atoms with E-state index in [1.54, 1.807) is 19.1 Å². The first-order valence-corrected chi connectivity index (χ1v) is 5.27. The van der Waals surface area contributed by atoms with E-state index in [9.17, 15) is 4.79 Å². The summed E-state index contributed by atoms with van der Waals surface area (Å²) in [5.74, 6) is -0.350. The Balaban J connectivity index is 2.64. The number of rotatable bonds is 3. The van der Waals surface area contributed by atoms with Crippen molar-refractivity contribution in [3.05, 3.63) is 21.3 Å². The van der Waals surface area contributed by atoms with Gasteiger partial charge in [-0.1, -0.05) is 16.8 Å². The average Bonchev–Trinajstić information content (AvgIpc) is 2.63. The molecule has 1 heterocycles. The molecule has 0 fully saturated rings. The Labute approximate surface area is 95.5 Å². The lowest BCUT2D eigenvalue weighted by Gasteiger charge is -2.10. The van der Waals surface area contributed by atoms with Crippen molar-refractivity contribution in [2.24, 2.45) is 10.9 Å². The highest BCUT2D eigenvalue weighted by atomic mass is 35.5. The maximum atomic E-state index is 11.5. The van der Waals surface area contributed by atoms with Gasteiger partial charge in [0.2, 0.25) is 0 Å². The van der Waals surface area contributed by atoms with Gasteiger partial charge in [0.25, 0.3) is 5.91 Å². The molecule has 0 bridgehead atoms. The summed E-state index contributed by atoms with van der Waals surface area (Å²) in [4.78, 5) is 12.0. The molecule has 0 spiro atoms. The molecule has 1 atom stereocenters. The lowest BCUT2D eigenvalue weighted by molar-refractivity contribution is 0.0952. The van der Waals surface area contributed by atoms with Crippen LogP contribution in [0.5, 0.6) is 0 Å². The summed E-state index contributed by atoms with van der Waals surface area (Å²) in [5, 5.41) is 13.7. The van der Waals surface area contributed by atoms with Crippen LogP contribution >= 0.6 is 22.9 Å². The summed E-state index contributed by atoms with van der Waals surface area (Å²) >= 11 is 6.85. The molecule has 1 amide bonds. The van der Waals surface area contributed by atoms with Gasteiger partial charge in [-0.2, -0.15) is 0 Å². The quantitative estimate of drug-likeness (QED) is 0.325. The molecular weight excluding hydrogens is 238 g/mol. The third kappa shape index (κ3) is 3.10. The zero-order valence-corrected chi connectivity index (χ0v) is 9.47. The molecule has 1 aromatic heterocycles. The van der Waals surface area contributed by atoms with Crippen molar-refractivity contribution in [2.75, 3.05) is 0 Å². The van der Waals surface area contributed by atoms with E-state index in [0.29, 0.717) is 9.21 Å². The van der Waals surface area contributed by atoms with Crippen molar-refractivity contribution in [1.82, 2.24) is 5.32 Å². The fourth-order valence-corrected chi connectivity index (χ4v) is 1.81. The fraction of sp³-hybridized carbons (Fsp3) is 0.250. The van der Waals surface area contributed by atoms with E-state index in [0.717, 1.165) is 0 Å². The molecule has 1 unspecified atom stereocenters. The Morgan fingerprint density at radius 3 is 2.87 bits per heavy atom. The molecule has 0 aromatic carbocycles. The van der Waals surface area contributed by atoms with E-state index in [1.807, 2.05) is 0 Å². The van der Waals surface area contributed by atoms with Crippen molar-refractivity contribution < 1.29 is 10.0 Å². The number of hydrogen-bond acceptors (Lipinski definition) is 4. The van der Waals surface area contributed by atoms with Crippen molar-refractivity contribution in [2.45, 2.75) is 13.0 Å². The second-order valence-electron chi connectivity index (χ2n) is 2.82. The zero-order chi connectivity index (χ0) is 11.4. The predicted molar refractivity (Wildman–Crippen MR) is 59.7 cm³/mol. The van der Waals surface area contributed by atoms with E-state index in [2.05, 4.69) is 10.5 Å². The summed E-state index contributed by atoms with van der Waals surface area (Å²) < 4.78 is 0.539. The highest BCUT2D eigenvalue weighted by Crippen LogP contribution is 2.21. The monoisotopic (exact) mass is 247 g/mol. The van der Waals surface area contributed by atoms with E-state index in [1.165, 1.54) is 11.3 Å². The molecule has 0 aliphatic rings. The molecule has 0 saturated heterocycles. The number of amidine groups is 1. The van der Waals surface area contributed by atoms with Gasteiger partial charge >= 0.3 is 0 Å². The van der Waals surface area contributed by atoms with Crippen LogP contribution in [0.3, 0.4) is 0 Å². The third-order valence-electron chi connectivity index (χ3n) is 1.70. The highest BCUT2D eigenvalue weighted by molar-refractivity contribution is 7.18. The van der Waals surface area contributed by atoms with Crippen molar-refractivity contribution in [3.8, 4) is 0 Å². The SMILES string of the molecule is CC(NC(=O)c1ccc(Cl)s1)C(N)=NO. The van der Waals surface area contributed by atoms with Crippen LogP contribution < -0.4 is 11.1 Å². The molecule has 5 nitrogen and oxygen atoms in total. The van der Waals surface area contributed by atoms with Crippen LogP contribution in [-0.2, 0) is 0 Å². The first-order valence-electron chi connectivity index (χ1n) is 4.08. The smallest absolute Gasteiger partial charge is 0.261 e. The van der Waals surface area contributed by atoms with Gasteiger partial charge in [-0.25, -0.2) is 0 Å². The lowest BCUT2D eigenvalue weighted by atomic mass is 10.3. The Morgan fingerprint density at radius 2 is 2.40 bits per heavy atom. The molecule has 82 valence electrons. The topological polar surface area (TPSA) is 87.7 Å². The number of amides is 1. The van der Waals surface area contributed by atoms with Crippen LogP contribution in [0.25, 0.3) is 0 Å². The summed E-state index contributed by atoms with van der Waals surface area (Å²) in [6.07, 6.45) is 0. The maximum Gasteiger partial charge on any atom is 0.261 e. The predicted octanol–water partition coefficient (Wildman–Crippen LogP) is 1.27. The standard InChI is InChI=1S/C8H10ClN3O2S/c1-4(7(10)12-14)11-8(13)5-2-3-6(9)15-5/h2-4,14H,1H3,(H2,10,12)(H,11,13). The number of hydrogen-bond donors (Lipinski definition) is 3. The van der Waals surface area contributed by atoms with E-state index >= 15 is 0 Å². The minimum atomic E-state index is -0.525. The summed E-state index contributed by atoms with van der Waals surface area (Å²) in [7, 11) is 0. The summed E-state index contributed by atoms with van der Waals surface area (Å²) in [5.41, 5.74) is 5.31. The van der Waals surface area contributed by atoms with Crippen LogP contribution in [0.4, 0.5) is 0 Å². The number of nitrogens with two attached hydrogens (primary N) is 1. The van der Waals surface area contributed by atoms with Gasteiger partial charge in [0, 0.05) is 0 Å². The van der Waals surface area contributed by atoms with Gasteiger partial charge in [-0.3, -0.25) is 4.79 Å². The number of oxime groups is 1. The normalized spacial score (nSPS) is 13.6. The molecule has 1 aromatic rings. The van der Waals surface area contributed by atoms with Crippen molar-refractivity contribution in [3.63, 3.8) is 0 Å². The second-order valence-corrected chi connectivity index (χ2v) is 4.54. The Bertz CT molecular complexity index is 391. The van der Waals surface area contributed by atoms with Crippen LogP contribution in [0.2, 0.25) is 4.34 Å². The summed E-state index contributed by atoms with van der Waals surface area (Å²) in [6.45, 7) is 1.61. The minimum absolute atomic E-state index is 0.0500. The van der Waals surface area contributed by atoms with Crippen molar-refractivity contribution >= 4 is 34.7 Å². The van der Waals surface area contributed by atoms with E-state index < -0.39 is 6.04 Å². The molecule has 7 heteroatoms. The highest BCUT2D eigenvalue weighted by Gasteiger charge is 2.14. The van der Waals surface area contributed by atoms with Crippen LogP contribution in [-0.4, -0.2) is 23.0 Å². The molecule has 0 aliphatic carbocycles. The number of carbonyl (C=O) groups excluding carboxylic acids is 1. The van der Waals surface area contributed by atoms with Crippen LogP contribution in [0.15, 0.2) is 17.3 Å². The molecule has 1 rings (SSSR count). The van der Waals surface area contributed by atoms with E-state index in [-0.39, 0.29) is 11.7 Å². The van der Waals surface area contributed by atoms with E-state index in [4.69, 9.17) is 22.5 Å². The molecule has 0 radical (unpaired) electrons. The lowest BCUT2D eigenvalue weighted by Crippen LogP contribution is -2.42. The first kappa shape index (κ1) is 11.8. The van der Waals surface area contributed by atoms with Gasteiger partial charge in [-0.05, 0) is 19.1 Å². The van der Waals surface area contributed by atoms with Crippen molar-refractivity contribution in [1.29, 1.82) is 0 Å². The number of nitrogens with one attached hydrogen (secondary N) is 1. The molecule has 15 heavy (non-hydrogen) atoms. The largest absolute Gasteiger partial charge is 0.409 e. The van der Waals surface area contributed by atoms with Gasteiger partial charge < -0.3 is 16.3 Å². The average molecular weight is 248 g/mol. The summed E-state index contributed by atoms with van der Waals surface area (Å²) in [6, 6.07) is 2.72. The van der Waals surface area contributed by atoms with Gasteiger partial charge in [0.15, 0.2) is 5.84 Å². The Hall–Kier alpha value is -1.27. The first-order chi connectivity index (χ1) is 7.04. The molecule has 4 N–H and O–H groups in total.